The average Bonchev–Trinajstić information content (AvgIpc) is 3.32. The highest BCUT2D eigenvalue weighted by Gasteiger charge is 2.21. The van der Waals surface area contributed by atoms with Crippen molar-refractivity contribution in [3.63, 3.8) is 0 Å². The lowest BCUT2D eigenvalue weighted by atomic mass is 10.1. The first-order valence-corrected chi connectivity index (χ1v) is 9.66. The summed E-state index contributed by atoms with van der Waals surface area (Å²) in [5, 5.41) is 11.3. The highest BCUT2D eigenvalue weighted by molar-refractivity contribution is 5.80. The lowest BCUT2D eigenvalue weighted by Gasteiger charge is -2.25. The van der Waals surface area contributed by atoms with E-state index < -0.39 is 0 Å². The van der Waals surface area contributed by atoms with E-state index in [0.29, 0.717) is 12.4 Å². The summed E-state index contributed by atoms with van der Waals surface area (Å²) in [5.41, 5.74) is 1.76. The highest BCUT2D eigenvalue weighted by atomic mass is 16.3. The Kier molecular flexibility index (Phi) is 5.36. The van der Waals surface area contributed by atoms with Gasteiger partial charge in [0.2, 0.25) is 5.89 Å². The van der Waals surface area contributed by atoms with Crippen molar-refractivity contribution in [2.24, 2.45) is 4.99 Å². The van der Waals surface area contributed by atoms with Crippen molar-refractivity contribution < 1.29 is 4.42 Å². The molecule has 1 aliphatic heterocycles. The Hall–Kier alpha value is -3.16. The number of fused-ring (bicyclic) bond motifs is 1. The molecule has 1 unspecified atom stereocenters. The SMILES string of the molecule is CCNC(=NCc1coc(-c2ccccc2)n1)NC1CCc2nc(C)nn2C1. The van der Waals surface area contributed by atoms with E-state index in [9.17, 15) is 0 Å². The van der Waals surface area contributed by atoms with E-state index in [0.717, 1.165) is 54.8 Å². The smallest absolute Gasteiger partial charge is 0.226 e. The zero-order chi connectivity index (χ0) is 19.3. The predicted octanol–water partition coefficient (Wildman–Crippen LogP) is 2.31. The molecule has 2 aromatic heterocycles. The van der Waals surface area contributed by atoms with Gasteiger partial charge in [0.05, 0.1) is 13.1 Å². The van der Waals surface area contributed by atoms with E-state index in [1.54, 1.807) is 6.26 Å². The van der Waals surface area contributed by atoms with Crippen LogP contribution in [0.1, 0.15) is 30.7 Å². The number of nitrogens with zero attached hydrogens (tertiary/aromatic N) is 5. The van der Waals surface area contributed by atoms with Crippen molar-refractivity contribution in [1.29, 1.82) is 0 Å². The van der Waals surface area contributed by atoms with Gasteiger partial charge in [-0.1, -0.05) is 18.2 Å². The monoisotopic (exact) mass is 379 g/mol. The van der Waals surface area contributed by atoms with Gasteiger partial charge in [-0.2, -0.15) is 5.10 Å². The molecule has 28 heavy (non-hydrogen) atoms. The predicted molar refractivity (Wildman–Crippen MR) is 107 cm³/mol. The van der Waals surface area contributed by atoms with Gasteiger partial charge < -0.3 is 15.1 Å². The Bertz CT molecular complexity index is 945. The van der Waals surface area contributed by atoms with E-state index in [-0.39, 0.29) is 6.04 Å². The van der Waals surface area contributed by atoms with Crippen LogP contribution in [0.25, 0.3) is 11.5 Å². The minimum Gasteiger partial charge on any atom is -0.444 e. The Morgan fingerprint density at radius 3 is 2.96 bits per heavy atom. The molecule has 3 heterocycles. The zero-order valence-corrected chi connectivity index (χ0v) is 16.2. The van der Waals surface area contributed by atoms with Crippen molar-refractivity contribution in [3.8, 4) is 11.5 Å². The molecule has 2 N–H and O–H groups in total. The number of hydrogen-bond acceptors (Lipinski definition) is 5. The number of guanidine groups is 1. The average molecular weight is 379 g/mol. The van der Waals surface area contributed by atoms with Gasteiger partial charge in [-0.3, -0.25) is 0 Å². The summed E-state index contributed by atoms with van der Waals surface area (Å²) in [4.78, 5) is 13.7. The van der Waals surface area contributed by atoms with Crippen molar-refractivity contribution in [2.45, 2.75) is 45.8 Å². The van der Waals surface area contributed by atoms with Gasteiger partial charge in [0.25, 0.3) is 0 Å². The van der Waals surface area contributed by atoms with Crippen molar-refractivity contribution in [2.75, 3.05) is 6.54 Å². The van der Waals surface area contributed by atoms with Crippen molar-refractivity contribution in [3.05, 3.63) is 53.9 Å². The molecule has 1 aliphatic rings. The number of aliphatic imine (C=N–C) groups is 1. The second-order valence-electron chi connectivity index (χ2n) is 6.84. The fraction of sp³-hybridized carbons (Fsp3) is 0.400. The van der Waals surface area contributed by atoms with Crippen LogP contribution in [0, 0.1) is 6.92 Å². The Morgan fingerprint density at radius 1 is 1.29 bits per heavy atom. The summed E-state index contributed by atoms with van der Waals surface area (Å²) < 4.78 is 7.58. The zero-order valence-electron chi connectivity index (χ0n) is 16.2. The normalized spacial score (nSPS) is 16.6. The van der Waals surface area contributed by atoms with Gasteiger partial charge in [0.15, 0.2) is 5.96 Å². The number of nitrogens with one attached hydrogen (secondary N) is 2. The third kappa shape index (κ3) is 4.21. The van der Waals surface area contributed by atoms with Crippen LogP contribution in [-0.4, -0.2) is 38.3 Å². The molecule has 4 rings (SSSR count). The quantitative estimate of drug-likeness (QED) is 0.522. The molecular weight excluding hydrogens is 354 g/mol. The first-order valence-electron chi connectivity index (χ1n) is 9.66. The van der Waals surface area contributed by atoms with Crippen LogP contribution < -0.4 is 10.6 Å². The number of aromatic nitrogens is 4. The first kappa shape index (κ1) is 18.2. The van der Waals surface area contributed by atoms with Crippen LogP contribution in [0.2, 0.25) is 0 Å². The maximum Gasteiger partial charge on any atom is 0.226 e. The Labute approximate surface area is 164 Å². The summed E-state index contributed by atoms with van der Waals surface area (Å²) in [6.45, 7) is 6.02. The van der Waals surface area contributed by atoms with E-state index in [2.05, 4.69) is 37.6 Å². The minimum atomic E-state index is 0.267. The van der Waals surface area contributed by atoms with Gasteiger partial charge in [-0.05, 0) is 32.4 Å². The Morgan fingerprint density at radius 2 is 2.14 bits per heavy atom. The fourth-order valence-corrected chi connectivity index (χ4v) is 3.32. The molecule has 0 saturated carbocycles. The van der Waals surface area contributed by atoms with Crippen LogP contribution in [0.4, 0.5) is 0 Å². The fourth-order valence-electron chi connectivity index (χ4n) is 3.32. The van der Waals surface area contributed by atoms with Gasteiger partial charge >= 0.3 is 0 Å². The number of benzene rings is 1. The molecular formula is C20H25N7O. The molecule has 0 fully saturated rings. The summed E-state index contributed by atoms with van der Waals surface area (Å²) in [6, 6.07) is 10.1. The topological polar surface area (TPSA) is 93.2 Å². The van der Waals surface area contributed by atoms with E-state index in [4.69, 9.17) is 4.42 Å². The second-order valence-corrected chi connectivity index (χ2v) is 6.84. The van der Waals surface area contributed by atoms with Gasteiger partial charge in [-0.15, -0.1) is 0 Å². The Balaban J connectivity index is 1.40. The van der Waals surface area contributed by atoms with Crippen LogP contribution in [0.5, 0.6) is 0 Å². The molecule has 1 atom stereocenters. The minimum absolute atomic E-state index is 0.267. The third-order valence-electron chi connectivity index (χ3n) is 4.62. The van der Waals surface area contributed by atoms with Crippen LogP contribution in [0.15, 0.2) is 46.0 Å². The molecule has 0 saturated heterocycles. The third-order valence-corrected chi connectivity index (χ3v) is 4.62. The van der Waals surface area contributed by atoms with Crippen LogP contribution >= 0.6 is 0 Å². The molecule has 0 aliphatic carbocycles. The summed E-state index contributed by atoms with van der Waals surface area (Å²) in [5.74, 6) is 3.28. The maximum atomic E-state index is 5.59. The molecule has 8 nitrogen and oxygen atoms in total. The van der Waals surface area contributed by atoms with Gasteiger partial charge in [0.1, 0.15) is 23.6 Å². The molecule has 0 radical (unpaired) electrons. The number of rotatable bonds is 5. The van der Waals surface area contributed by atoms with Gasteiger partial charge in [0, 0.05) is 24.6 Å². The van der Waals surface area contributed by atoms with Gasteiger partial charge in [-0.25, -0.2) is 19.6 Å². The number of oxazole rings is 1. The molecule has 0 spiro atoms. The molecule has 0 amide bonds. The lowest BCUT2D eigenvalue weighted by Crippen LogP contribution is -2.47. The molecule has 8 heteroatoms. The lowest BCUT2D eigenvalue weighted by molar-refractivity contribution is 0.392. The molecule has 0 bridgehead atoms. The summed E-state index contributed by atoms with van der Waals surface area (Å²) in [6.07, 6.45) is 3.59. The standard InChI is InChI=1S/C20H25N7O/c1-3-21-20(25-16-9-10-18-23-14(2)26-27(18)12-16)22-11-17-13-28-19(24-17)15-7-5-4-6-8-15/h4-8,13,16H,3,9-12H2,1-2H3,(H2,21,22,25). The number of hydrogen-bond donors (Lipinski definition) is 2. The van der Waals surface area contributed by atoms with Crippen LogP contribution in [0.3, 0.4) is 0 Å². The highest BCUT2D eigenvalue weighted by Crippen LogP contribution is 2.18. The van der Waals surface area contributed by atoms with Crippen molar-refractivity contribution in [1.82, 2.24) is 30.4 Å². The largest absolute Gasteiger partial charge is 0.444 e. The van der Waals surface area contributed by atoms with E-state index in [1.165, 1.54) is 0 Å². The summed E-state index contributed by atoms with van der Waals surface area (Å²) >= 11 is 0. The first-order chi connectivity index (χ1) is 13.7. The maximum absolute atomic E-state index is 5.59. The number of aryl methyl sites for hydroxylation is 2. The molecule has 146 valence electrons. The molecule has 3 aromatic rings. The van der Waals surface area contributed by atoms with E-state index in [1.807, 2.05) is 41.9 Å². The van der Waals surface area contributed by atoms with Crippen molar-refractivity contribution >= 4 is 5.96 Å². The molecule has 1 aromatic carbocycles. The van der Waals surface area contributed by atoms with Crippen LogP contribution in [-0.2, 0) is 19.5 Å². The second kappa shape index (κ2) is 8.24. The summed E-state index contributed by atoms with van der Waals surface area (Å²) in [7, 11) is 0. The van der Waals surface area contributed by atoms with E-state index >= 15 is 0 Å².